The first-order valence-electron chi connectivity index (χ1n) is 4.36. The Bertz CT molecular complexity index is 92.9. The third kappa shape index (κ3) is 3.40. The van der Waals surface area contributed by atoms with Crippen LogP contribution in [0, 0.1) is 5.92 Å². The molecule has 1 heteroatoms. The molecule has 0 amide bonds. The molecule has 62 valence electrons. The molecule has 0 rings (SSSR count). The second kappa shape index (κ2) is 3.56. The highest BCUT2D eigenvalue weighted by molar-refractivity contribution is 6.41. The first-order valence-corrected chi connectivity index (χ1v) is 5.88. The normalized spacial score (nSPS) is 14.4. The van der Waals surface area contributed by atoms with Crippen LogP contribution in [0.15, 0.2) is 0 Å². The van der Waals surface area contributed by atoms with E-state index in [1.165, 1.54) is 0 Å². The molecule has 0 aliphatic carbocycles. The van der Waals surface area contributed by atoms with Gasteiger partial charge < -0.3 is 0 Å². The maximum Gasteiger partial charge on any atom is 0.0292 e. The van der Waals surface area contributed by atoms with Gasteiger partial charge in [0.15, 0.2) is 0 Å². The smallest absolute Gasteiger partial charge is 0.0292 e. The minimum atomic E-state index is 0.127. The van der Waals surface area contributed by atoms with Crippen LogP contribution in [0.5, 0.6) is 0 Å². The Balaban J connectivity index is 3.87. The topological polar surface area (TPSA) is 0 Å². The van der Waals surface area contributed by atoms with Gasteiger partial charge in [0.2, 0.25) is 0 Å². The van der Waals surface area contributed by atoms with Crippen molar-refractivity contribution in [1.82, 2.24) is 0 Å². The summed E-state index contributed by atoms with van der Waals surface area (Å²) in [5.41, 5.74) is 0.970. The van der Waals surface area contributed by atoms with E-state index in [-0.39, 0.29) is 9.52 Å². The number of rotatable bonds is 3. The maximum atomic E-state index is 2.42. The van der Waals surface area contributed by atoms with E-state index in [1.807, 2.05) is 0 Å². The van der Waals surface area contributed by atoms with E-state index in [2.05, 4.69) is 41.5 Å². The first-order chi connectivity index (χ1) is 4.36. The highest BCUT2D eigenvalue weighted by Gasteiger charge is 2.23. The van der Waals surface area contributed by atoms with Crippen molar-refractivity contribution in [2.75, 3.05) is 0 Å². The largest absolute Gasteiger partial charge is 0.0657 e. The third-order valence-corrected chi connectivity index (χ3v) is 5.18. The molecule has 0 aliphatic rings. The van der Waals surface area contributed by atoms with Crippen LogP contribution < -0.4 is 0 Å². The van der Waals surface area contributed by atoms with Crippen molar-refractivity contribution >= 4 is 9.52 Å². The Morgan fingerprint density at radius 1 is 1.00 bits per heavy atom. The second-order valence-corrected chi connectivity index (χ2v) is 8.60. The van der Waals surface area contributed by atoms with Crippen molar-refractivity contribution in [3.8, 4) is 0 Å². The molecule has 0 saturated heterocycles. The van der Waals surface area contributed by atoms with Gasteiger partial charge in [-0.05, 0) is 11.0 Å². The van der Waals surface area contributed by atoms with E-state index in [1.54, 1.807) is 0 Å². The van der Waals surface area contributed by atoms with E-state index in [9.17, 15) is 0 Å². The predicted molar refractivity (Wildman–Crippen MR) is 52.5 cm³/mol. The van der Waals surface area contributed by atoms with Gasteiger partial charge in [0, 0.05) is 9.52 Å². The SMILES string of the molecule is CC(C)[SiH2]C(C)(C)C(C)C. The van der Waals surface area contributed by atoms with Gasteiger partial charge >= 0.3 is 0 Å². The lowest BCUT2D eigenvalue weighted by atomic mass is 9.99. The molecule has 0 fully saturated rings. The van der Waals surface area contributed by atoms with Crippen molar-refractivity contribution in [1.29, 1.82) is 0 Å². The predicted octanol–water partition coefficient (Wildman–Crippen LogP) is 2.84. The molecule has 0 aromatic carbocycles. The Hall–Kier alpha value is 0.217. The Morgan fingerprint density at radius 2 is 1.40 bits per heavy atom. The Kier molecular flexibility index (Phi) is 3.64. The molecule has 0 aliphatic heterocycles. The van der Waals surface area contributed by atoms with E-state index >= 15 is 0 Å². The number of hydrogen-bond donors (Lipinski definition) is 0. The van der Waals surface area contributed by atoms with Crippen LogP contribution in [0.1, 0.15) is 41.5 Å². The third-order valence-electron chi connectivity index (χ3n) is 2.50. The zero-order chi connectivity index (χ0) is 8.36. The highest BCUT2D eigenvalue weighted by Crippen LogP contribution is 2.35. The zero-order valence-corrected chi connectivity index (χ0v) is 9.78. The average molecular weight is 158 g/mol. The molecule has 0 bridgehead atoms. The Morgan fingerprint density at radius 3 is 1.50 bits per heavy atom. The fourth-order valence-corrected chi connectivity index (χ4v) is 3.86. The molecule has 0 heterocycles. The highest BCUT2D eigenvalue weighted by atomic mass is 28.2. The summed E-state index contributed by atoms with van der Waals surface area (Å²) in [5, 5.41) is 0.661. The lowest BCUT2D eigenvalue weighted by Gasteiger charge is -2.30. The van der Waals surface area contributed by atoms with E-state index < -0.39 is 0 Å². The molecule has 10 heavy (non-hydrogen) atoms. The summed E-state index contributed by atoms with van der Waals surface area (Å²) in [4.78, 5) is 0. The maximum absolute atomic E-state index is 2.42. The molecule has 0 spiro atoms. The van der Waals surface area contributed by atoms with Crippen molar-refractivity contribution in [3.05, 3.63) is 0 Å². The van der Waals surface area contributed by atoms with Crippen LogP contribution in [-0.2, 0) is 0 Å². The zero-order valence-electron chi connectivity index (χ0n) is 8.36. The van der Waals surface area contributed by atoms with Gasteiger partial charge in [0.05, 0.1) is 0 Å². The van der Waals surface area contributed by atoms with Gasteiger partial charge in [-0.2, -0.15) is 0 Å². The van der Waals surface area contributed by atoms with E-state index in [0.29, 0.717) is 5.04 Å². The molecule has 0 saturated carbocycles. The van der Waals surface area contributed by atoms with Crippen LogP contribution in [0.3, 0.4) is 0 Å². The average Bonchev–Trinajstić information content (AvgIpc) is 1.60. The Labute approximate surface area is 68.2 Å². The second-order valence-electron chi connectivity index (χ2n) is 4.74. The monoisotopic (exact) mass is 158 g/mol. The van der Waals surface area contributed by atoms with Crippen LogP contribution >= 0.6 is 0 Å². The van der Waals surface area contributed by atoms with Gasteiger partial charge in [-0.3, -0.25) is 0 Å². The van der Waals surface area contributed by atoms with Gasteiger partial charge in [0.1, 0.15) is 0 Å². The van der Waals surface area contributed by atoms with E-state index in [0.717, 1.165) is 11.5 Å². The molecule has 0 aromatic heterocycles. The summed E-state index contributed by atoms with van der Waals surface area (Å²) < 4.78 is 0. The van der Waals surface area contributed by atoms with Gasteiger partial charge in [-0.1, -0.05) is 47.1 Å². The fourth-order valence-electron chi connectivity index (χ4n) is 1.29. The van der Waals surface area contributed by atoms with Crippen molar-refractivity contribution in [3.63, 3.8) is 0 Å². The van der Waals surface area contributed by atoms with Crippen LogP contribution in [0.2, 0.25) is 10.6 Å². The summed E-state index contributed by atoms with van der Waals surface area (Å²) in [5.74, 6) is 0.863. The van der Waals surface area contributed by atoms with Gasteiger partial charge in [-0.25, -0.2) is 0 Å². The minimum Gasteiger partial charge on any atom is -0.0657 e. The van der Waals surface area contributed by atoms with Gasteiger partial charge in [0.25, 0.3) is 0 Å². The minimum absolute atomic E-state index is 0.127. The van der Waals surface area contributed by atoms with Crippen molar-refractivity contribution < 1.29 is 0 Å². The summed E-state index contributed by atoms with van der Waals surface area (Å²) in [7, 11) is 0.127. The quantitative estimate of drug-likeness (QED) is 0.554. The molecule has 0 N–H and O–H groups in total. The number of hydrogen-bond acceptors (Lipinski definition) is 0. The van der Waals surface area contributed by atoms with Crippen LogP contribution in [-0.4, -0.2) is 9.52 Å². The molecule has 0 unspecified atom stereocenters. The molecule has 0 radical (unpaired) electrons. The summed E-state index contributed by atoms with van der Waals surface area (Å²) >= 11 is 0. The summed E-state index contributed by atoms with van der Waals surface area (Å²) in [6.45, 7) is 14.2. The molecule has 0 nitrogen and oxygen atoms in total. The van der Waals surface area contributed by atoms with Crippen LogP contribution in [0.4, 0.5) is 0 Å². The lowest BCUT2D eigenvalue weighted by Crippen LogP contribution is -2.21. The summed E-state index contributed by atoms with van der Waals surface area (Å²) in [6.07, 6.45) is 0. The molecular weight excluding hydrogens is 136 g/mol. The molecule has 0 atom stereocenters. The first kappa shape index (κ1) is 10.2. The standard InChI is InChI=1S/C9H22Si/c1-7(2)9(5,6)10-8(3)4/h7-8H,10H2,1-6H3. The van der Waals surface area contributed by atoms with Crippen LogP contribution in [0.25, 0.3) is 0 Å². The van der Waals surface area contributed by atoms with Crippen molar-refractivity contribution in [2.45, 2.75) is 52.1 Å². The van der Waals surface area contributed by atoms with E-state index in [4.69, 9.17) is 0 Å². The molecule has 0 aromatic rings. The fraction of sp³-hybridized carbons (Fsp3) is 1.00. The summed E-state index contributed by atoms with van der Waals surface area (Å²) in [6, 6.07) is 0. The van der Waals surface area contributed by atoms with Gasteiger partial charge in [-0.15, -0.1) is 0 Å². The lowest BCUT2D eigenvalue weighted by molar-refractivity contribution is 0.469. The van der Waals surface area contributed by atoms with Crippen molar-refractivity contribution in [2.24, 2.45) is 5.92 Å². The molecular formula is C9H22Si.